The van der Waals surface area contributed by atoms with Crippen molar-refractivity contribution >= 4 is 56.8 Å². The fourth-order valence-electron chi connectivity index (χ4n) is 5.94. The lowest BCUT2D eigenvalue weighted by molar-refractivity contribution is -0.154. The van der Waals surface area contributed by atoms with E-state index >= 15 is 0 Å². The lowest BCUT2D eigenvalue weighted by Gasteiger charge is -2.31. The van der Waals surface area contributed by atoms with Crippen molar-refractivity contribution < 1.29 is 31.8 Å². The Morgan fingerprint density at radius 2 is 1.44 bits per heavy atom. The lowest BCUT2D eigenvalue weighted by atomic mass is 9.85. The van der Waals surface area contributed by atoms with Gasteiger partial charge in [0.25, 0.3) is 17.7 Å². The third-order valence-corrected chi connectivity index (χ3v) is 10.1. The number of Topliss-reactive ketones (excluding diaryl/α,β-unsaturated/α-hetero) is 1. The summed E-state index contributed by atoms with van der Waals surface area (Å²) >= 11 is 12.1. The number of allylic oxidation sites excluding steroid dienone is 2. The van der Waals surface area contributed by atoms with Gasteiger partial charge in [0.05, 0.1) is 21.9 Å². The van der Waals surface area contributed by atoms with Gasteiger partial charge in [-0.05, 0) is 79.8 Å². The van der Waals surface area contributed by atoms with Gasteiger partial charge in [0.2, 0.25) is 0 Å². The molecule has 12 heteroatoms. The summed E-state index contributed by atoms with van der Waals surface area (Å²) in [6.45, 7) is 1.19. The van der Waals surface area contributed by atoms with Crippen LogP contribution in [0, 0.1) is 30.6 Å². The van der Waals surface area contributed by atoms with Crippen LogP contribution in [-0.4, -0.2) is 48.5 Å². The van der Waals surface area contributed by atoms with Gasteiger partial charge in [-0.2, -0.15) is 13.4 Å². The van der Waals surface area contributed by atoms with E-state index in [1.807, 2.05) is 19.1 Å². The van der Waals surface area contributed by atoms with Crippen molar-refractivity contribution in [3.05, 3.63) is 106 Å². The molecule has 220 valence electrons. The van der Waals surface area contributed by atoms with Crippen molar-refractivity contribution in [2.45, 2.75) is 18.2 Å². The third kappa shape index (κ3) is 5.24. The highest BCUT2D eigenvalue weighted by Crippen LogP contribution is 2.52. The summed E-state index contributed by atoms with van der Waals surface area (Å²) in [5.74, 6) is -3.84. The normalized spacial score (nSPS) is 22.2. The maximum absolute atomic E-state index is 13.7. The van der Waals surface area contributed by atoms with Crippen molar-refractivity contribution in [2.75, 3.05) is 6.54 Å². The molecule has 3 amide bonds. The highest BCUT2D eigenvalue weighted by Gasteiger charge is 2.61. The van der Waals surface area contributed by atoms with E-state index in [2.05, 4.69) is 0 Å². The Morgan fingerprint density at radius 3 is 2.02 bits per heavy atom. The van der Waals surface area contributed by atoms with Crippen LogP contribution in [-0.2, 0) is 19.7 Å². The topological polar surface area (TPSA) is 118 Å². The van der Waals surface area contributed by atoms with Crippen LogP contribution in [0.15, 0.2) is 83.8 Å². The fraction of sp³-hybridized carbons (Fsp3) is 0.226. The molecule has 2 bridgehead atoms. The van der Waals surface area contributed by atoms with Crippen LogP contribution in [0.25, 0.3) is 0 Å². The second kappa shape index (κ2) is 10.9. The van der Waals surface area contributed by atoms with Crippen LogP contribution >= 0.6 is 23.2 Å². The zero-order chi connectivity index (χ0) is 30.6. The number of nitrogens with zero attached hydrogens (tertiary/aromatic N) is 2. The summed E-state index contributed by atoms with van der Waals surface area (Å²) in [6, 6.07) is 15.6. The van der Waals surface area contributed by atoms with Gasteiger partial charge in [-0.25, -0.2) is 5.01 Å². The third-order valence-electron chi connectivity index (χ3n) is 8.07. The lowest BCUT2D eigenvalue weighted by Crippen LogP contribution is -2.52. The van der Waals surface area contributed by atoms with E-state index in [1.54, 1.807) is 12.1 Å². The average molecular weight is 640 g/mol. The van der Waals surface area contributed by atoms with Crippen LogP contribution in [0.2, 0.25) is 10.0 Å². The van der Waals surface area contributed by atoms with Gasteiger partial charge in [0.1, 0.15) is 17.2 Å². The Kier molecular flexibility index (Phi) is 7.40. The SMILES string of the molecule is Cc1ccc(S(=O)(=O)Oc2ccc(C(=O)CN(C(=O)c3ccc(Cl)c(Cl)c3)N3C(=O)[C@@H]4[C@H](C3=O)[C@H]3C=C[C@H]4C3)cc2)cc1. The van der Waals surface area contributed by atoms with Gasteiger partial charge in [-0.3, -0.25) is 19.2 Å². The number of fused-ring (bicyclic) bond motifs is 5. The Morgan fingerprint density at radius 1 is 0.860 bits per heavy atom. The van der Waals surface area contributed by atoms with E-state index in [4.69, 9.17) is 27.4 Å². The number of carbonyl (C=O) groups excluding carboxylic acids is 4. The first-order valence-corrected chi connectivity index (χ1v) is 15.6. The second-order valence-corrected chi connectivity index (χ2v) is 13.1. The largest absolute Gasteiger partial charge is 0.379 e. The number of amides is 3. The number of hydrogen-bond donors (Lipinski definition) is 0. The van der Waals surface area contributed by atoms with Gasteiger partial charge in [0, 0.05) is 11.1 Å². The maximum atomic E-state index is 13.7. The number of hydrogen-bond acceptors (Lipinski definition) is 7. The molecule has 6 rings (SSSR count). The smallest absolute Gasteiger partial charge is 0.339 e. The number of hydrazine groups is 1. The quantitative estimate of drug-likeness (QED) is 0.145. The van der Waals surface area contributed by atoms with E-state index < -0.39 is 52.0 Å². The molecule has 4 atom stereocenters. The van der Waals surface area contributed by atoms with Crippen LogP contribution in [0.3, 0.4) is 0 Å². The molecular formula is C31H24Cl2N2O7S. The summed E-state index contributed by atoms with van der Waals surface area (Å²) in [4.78, 5) is 54.3. The van der Waals surface area contributed by atoms with Crippen LogP contribution < -0.4 is 4.18 Å². The van der Waals surface area contributed by atoms with Gasteiger partial charge in [-0.15, -0.1) is 0 Å². The fourth-order valence-corrected chi connectivity index (χ4v) is 7.17. The first-order chi connectivity index (χ1) is 20.4. The average Bonchev–Trinajstić information content (AvgIpc) is 3.67. The predicted octanol–water partition coefficient (Wildman–Crippen LogP) is 5.12. The molecule has 2 fully saturated rings. The molecule has 0 radical (unpaired) electrons. The highest BCUT2D eigenvalue weighted by atomic mass is 35.5. The first kappa shape index (κ1) is 29.1. The Hall–Kier alpha value is -3.99. The Bertz CT molecular complexity index is 1780. The van der Waals surface area contributed by atoms with Crippen LogP contribution in [0.4, 0.5) is 0 Å². The number of carbonyl (C=O) groups is 4. The molecule has 2 aliphatic carbocycles. The zero-order valence-corrected chi connectivity index (χ0v) is 25.0. The molecule has 43 heavy (non-hydrogen) atoms. The van der Waals surface area contributed by atoms with E-state index in [0.29, 0.717) is 6.42 Å². The van der Waals surface area contributed by atoms with Crippen LogP contribution in [0.5, 0.6) is 5.75 Å². The standard InChI is InChI=1S/C31H24Cl2N2O7S/c1-17-2-11-23(12-3-17)43(40,41)42-22-9-6-18(7-10-22)26(36)16-34(29(37)21-8-13-24(32)25(33)15-21)35-30(38)27-19-4-5-20(14-19)28(27)31(35)39/h2-13,15,19-20,27-28H,14,16H2,1H3/t19-,20-,27-,28+/m0/s1. The predicted molar refractivity (Wildman–Crippen MR) is 157 cm³/mol. The molecule has 1 saturated heterocycles. The summed E-state index contributed by atoms with van der Waals surface area (Å²) < 4.78 is 30.5. The summed E-state index contributed by atoms with van der Waals surface area (Å²) in [7, 11) is -4.11. The number of rotatable bonds is 8. The van der Waals surface area contributed by atoms with Crippen molar-refractivity contribution in [2.24, 2.45) is 23.7 Å². The molecule has 3 aliphatic rings. The number of halogens is 2. The molecule has 0 unspecified atom stereocenters. The minimum Gasteiger partial charge on any atom is -0.379 e. The van der Waals surface area contributed by atoms with Gasteiger partial charge in [-0.1, -0.05) is 53.1 Å². The van der Waals surface area contributed by atoms with Crippen molar-refractivity contribution in [3.8, 4) is 5.75 Å². The molecule has 0 aromatic heterocycles. The van der Waals surface area contributed by atoms with E-state index in [1.165, 1.54) is 54.6 Å². The van der Waals surface area contributed by atoms with Gasteiger partial charge < -0.3 is 4.18 Å². The zero-order valence-electron chi connectivity index (χ0n) is 22.6. The molecule has 1 heterocycles. The molecule has 0 spiro atoms. The molecule has 0 N–H and O–H groups in total. The molecule has 3 aromatic rings. The van der Waals surface area contributed by atoms with Crippen molar-refractivity contribution in [3.63, 3.8) is 0 Å². The second-order valence-electron chi connectivity index (χ2n) is 10.8. The molecule has 1 aliphatic heterocycles. The molecule has 3 aromatic carbocycles. The molecular weight excluding hydrogens is 615 g/mol. The minimum atomic E-state index is -4.11. The highest BCUT2D eigenvalue weighted by molar-refractivity contribution is 7.87. The van der Waals surface area contributed by atoms with Crippen molar-refractivity contribution in [1.29, 1.82) is 0 Å². The summed E-state index contributed by atoms with van der Waals surface area (Å²) in [6.07, 6.45) is 4.56. The maximum Gasteiger partial charge on any atom is 0.339 e. The van der Waals surface area contributed by atoms with Gasteiger partial charge in [0.15, 0.2) is 5.78 Å². The minimum absolute atomic E-state index is 0.0249. The number of benzene rings is 3. The Labute approximate surface area is 257 Å². The molecule has 1 saturated carbocycles. The number of aryl methyl sites for hydroxylation is 1. The van der Waals surface area contributed by atoms with Crippen LogP contribution in [0.1, 0.15) is 32.7 Å². The van der Waals surface area contributed by atoms with E-state index in [9.17, 15) is 27.6 Å². The van der Waals surface area contributed by atoms with E-state index in [-0.39, 0.29) is 43.7 Å². The van der Waals surface area contributed by atoms with E-state index in [0.717, 1.165) is 15.6 Å². The monoisotopic (exact) mass is 638 g/mol. The first-order valence-electron chi connectivity index (χ1n) is 13.4. The summed E-state index contributed by atoms with van der Waals surface area (Å²) in [5, 5.41) is 1.96. The number of imide groups is 1. The summed E-state index contributed by atoms with van der Waals surface area (Å²) in [5.41, 5.74) is 1.03. The van der Waals surface area contributed by atoms with Crippen molar-refractivity contribution in [1.82, 2.24) is 10.0 Å². The molecule has 9 nitrogen and oxygen atoms in total. The number of ketones is 1. The Balaban J connectivity index is 1.26. The van der Waals surface area contributed by atoms with Gasteiger partial charge >= 0.3 is 10.1 Å².